The summed E-state index contributed by atoms with van der Waals surface area (Å²) in [7, 11) is 0. The molecule has 1 aromatic carbocycles. The number of halogens is 1. The molecule has 1 aliphatic carbocycles. The number of aromatic nitrogens is 1. The summed E-state index contributed by atoms with van der Waals surface area (Å²) in [6.45, 7) is 3.95. The van der Waals surface area contributed by atoms with Gasteiger partial charge in [-0.1, -0.05) is 35.6 Å². The molecule has 0 bridgehead atoms. The lowest BCUT2D eigenvalue weighted by Crippen LogP contribution is -2.13. The van der Waals surface area contributed by atoms with Crippen LogP contribution in [0.2, 0.25) is 0 Å². The van der Waals surface area contributed by atoms with Crippen molar-refractivity contribution in [1.29, 1.82) is 0 Å². The van der Waals surface area contributed by atoms with Crippen molar-refractivity contribution in [2.24, 2.45) is 5.10 Å². The highest BCUT2D eigenvalue weighted by Gasteiger charge is 2.17. The van der Waals surface area contributed by atoms with E-state index in [2.05, 4.69) is 33.7 Å². The van der Waals surface area contributed by atoms with E-state index in [1.165, 1.54) is 22.5 Å². The number of hydrazone groups is 1. The van der Waals surface area contributed by atoms with Gasteiger partial charge in [-0.25, -0.2) is 9.78 Å². The molecule has 0 amide bonds. The number of nitrogens with zero attached hydrogens (tertiary/aromatic N) is 2. The summed E-state index contributed by atoms with van der Waals surface area (Å²) in [6, 6.07) is 8.35. The van der Waals surface area contributed by atoms with Gasteiger partial charge in [-0.15, -0.1) is 12.4 Å². The van der Waals surface area contributed by atoms with Crippen molar-refractivity contribution in [2.45, 2.75) is 33.1 Å². The van der Waals surface area contributed by atoms with Crippen molar-refractivity contribution >= 4 is 40.6 Å². The molecule has 1 heterocycles. The number of fused-ring (bicyclic) bond motifs is 1. The fourth-order valence-electron chi connectivity index (χ4n) is 2.66. The Morgan fingerprint density at radius 3 is 2.96 bits per heavy atom. The summed E-state index contributed by atoms with van der Waals surface area (Å²) in [4.78, 5) is 16.7. The number of ether oxygens (including phenoxy) is 1. The molecule has 1 N–H and O–H groups in total. The van der Waals surface area contributed by atoms with E-state index in [0.717, 1.165) is 25.0 Å². The van der Waals surface area contributed by atoms with Gasteiger partial charge in [0, 0.05) is 5.56 Å². The van der Waals surface area contributed by atoms with Gasteiger partial charge in [0.25, 0.3) is 0 Å². The van der Waals surface area contributed by atoms with Crippen LogP contribution in [0.25, 0.3) is 0 Å². The molecular weight excluding hydrogens is 346 g/mol. The van der Waals surface area contributed by atoms with Crippen molar-refractivity contribution < 1.29 is 9.53 Å². The Morgan fingerprint density at radius 2 is 2.17 bits per heavy atom. The maximum absolute atomic E-state index is 11.8. The molecule has 24 heavy (non-hydrogen) atoms. The summed E-state index contributed by atoms with van der Waals surface area (Å²) < 4.78 is 5.03. The lowest BCUT2D eigenvalue weighted by Gasteiger charge is -2.17. The van der Waals surface area contributed by atoms with Crippen LogP contribution in [0.3, 0.4) is 0 Å². The van der Waals surface area contributed by atoms with E-state index < -0.39 is 0 Å². The van der Waals surface area contributed by atoms with Crippen LogP contribution in [0.1, 0.15) is 46.3 Å². The second kappa shape index (κ2) is 8.26. The number of thiazole rings is 1. The summed E-state index contributed by atoms with van der Waals surface area (Å²) >= 11 is 1.27. The molecule has 7 heteroatoms. The zero-order chi connectivity index (χ0) is 16.2. The summed E-state index contributed by atoms with van der Waals surface area (Å²) in [5, 5.41) is 5.13. The molecule has 2 aromatic rings. The van der Waals surface area contributed by atoms with Gasteiger partial charge < -0.3 is 4.74 Å². The van der Waals surface area contributed by atoms with E-state index in [1.54, 1.807) is 13.8 Å². The van der Waals surface area contributed by atoms with Crippen LogP contribution >= 0.6 is 23.7 Å². The normalized spacial score (nSPS) is 14.7. The highest BCUT2D eigenvalue weighted by molar-refractivity contribution is 7.17. The predicted octanol–water partition coefficient (Wildman–Crippen LogP) is 4.20. The van der Waals surface area contributed by atoms with Gasteiger partial charge in [0.15, 0.2) is 0 Å². The lowest BCUT2D eigenvalue weighted by atomic mass is 9.90. The Bertz CT molecular complexity index is 758. The number of carbonyl (C=O) groups is 1. The summed E-state index contributed by atoms with van der Waals surface area (Å²) in [5.74, 6) is -0.328. The fourth-order valence-corrected chi connectivity index (χ4v) is 3.47. The maximum atomic E-state index is 11.8. The van der Waals surface area contributed by atoms with Crippen LogP contribution in [-0.2, 0) is 11.2 Å². The molecule has 3 rings (SSSR count). The number of carbonyl (C=O) groups excluding carboxylic acids is 1. The van der Waals surface area contributed by atoms with Crippen molar-refractivity contribution in [3.63, 3.8) is 0 Å². The van der Waals surface area contributed by atoms with Crippen molar-refractivity contribution in [1.82, 2.24) is 4.98 Å². The molecule has 1 aliphatic rings. The summed E-state index contributed by atoms with van der Waals surface area (Å²) in [5.41, 5.74) is 7.24. The van der Waals surface area contributed by atoms with Gasteiger partial charge in [0.05, 0.1) is 18.0 Å². The minimum Gasteiger partial charge on any atom is -0.462 e. The molecule has 0 atom stereocenters. The molecule has 0 unspecified atom stereocenters. The van der Waals surface area contributed by atoms with Crippen LogP contribution in [-0.4, -0.2) is 23.3 Å². The first-order valence-electron chi connectivity index (χ1n) is 7.74. The van der Waals surface area contributed by atoms with Crippen LogP contribution < -0.4 is 5.43 Å². The second-order valence-electron chi connectivity index (χ2n) is 5.34. The number of benzene rings is 1. The number of esters is 1. The quantitative estimate of drug-likeness (QED) is 0.651. The molecule has 0 spiro atoms. The van der Waals surface area contributed by atoms with Gasteiger partial charge in [-0.2, -0.15) is 5.10 Å². The van der Waals surface area contributed by atoms with Crippen molar-refractivity contribution in [3.05, 3.63) is 46.0 Å². The van der Waals surface area contributed by atoms with Crippen molar-refractivity contribution in [2.75, 3.05) is 12.0 Å². The molecule has 0 aliphatic heterocycles. The van der Waals surface area contributed by atoms with Crippen LogP contribution in [0.4, 0.5) is 5.13 Å². The minimum absolute atomic E-state index is 0. The molecule has 0 radical (unpaired) electrons. The largest absolute Gasteiger partial charge is 0.462 e. The lowest BCUT2D eigenvalue weighted by molar-refractivity contribution is 0.0531. The van der Waals surface area contributed by atoms with E-state index >= 15 is 0 Å². The molecule has 1 aromatic heterocycles. The number of rotatable bonds is 4. The van der Waals surface area contributed by atoms with Gasteiger partial charge in [0.2, 0.25) is 5.13 Å². The zero-order valence-corrected chi connectivity index (χ0v) is 15.3. The van der Waals surface area contributed by atoms with Crippen LogP contribution in [0, 0.1) is 6.92 Å². The average molecular weight is 366 g/mol. The Labute approximate surface area is 151 Å². The smallest absolute Gasteiger partial charge is 0.350 e. The zero-order valence-electron chi connectivity index (χ0n) is 13.7. The van der Waals surface area contributed by atoms with Crippen LogP contribution in [0.15, 0.2) is 29.4 Å². The predicted molar refractivity (Wildman–Crippen MR) is 99.6 cm³/mol. The van der Waals surface area contributed by atoms with Gasteiger partial charge >= 0.3 is 5.97 Å². The minimum atomic E-state index is -0.328. The number of aryl methyl sites for hydroxylation is 2. The third-order valence-electron chi connectivity index (χ3n) is 3.73. The number of hydrogen-bond donors (Lipinski definition) is 1. The van der Waals surface area contributed by atoms with Crippen LogP contribution in [0.5, 0.6) is 0 Å². The van der Waals surface area contributed by atoms with E-state index in [1.807, 2.05) is 6.07 Å². The van der Waals surface area contributed by atoms with Gasteiger partial charge in [-0.3, -0.25) is 5.43 Å². The molecule has 128 valence electrons. The number of anilines is 1. The fraction of sp³-hybridized carbons (Fsp3) is 0.353. The van der Waals surface area contributed by atoms with E-state index in [-0.39, 0.29) is 18.4 Å². The maximum Gasteiger partial charge on any atom is 0.350 e. The highest BCUT2D eigenvalue weighted by Crippen LogP contribution is 2.25. The first-order chi connectivity index (χ1) is 11.2. The molecular formula is C17H20ClN3O2S. The molecule has 0 saturated heterocycles. The number of nitrogens with one attached hydrogen (secondary N) is 1. The SMILES string of the molecule is CCOC(=O)c1sc(N/N=C2/CCCc3ccccc32)nc1C.Cl. The Kier molecular flexibility index (Phi) is 6.34. The Hall–Kier alpha value is -1.92. The third kappa shape index (κ3) is 3.94. The molecule has 0 fully saturated rings. The monoisotopic (exact) mass is 365 g/mol. The summed E-state index contributed by atoms with van der Waals surface area (Å²) in [6.07, 6.45) is 3.14. The third-order valence-corrected chi connectivity index (χ3v) is 4.77. The van der Waals surface area contributed by atoms with E-state index in [0.29, 0.717) is 22.3 Å². The van der Waals surface area contributed by atoms with Gasteiger partial charge in [0.1, 0.15) is 4.88 Å². The number of hydrogen-bond acceptors (Lipinski definition) is 6. The van der Waals surface area contributed by atoms with E-state index in [9.17, 15) is 4.79 Å². The topological polar surface area (TPSA) is 63.6 Å². The Morgan fingerprint density at radius 1 is 1.38 bits per heavy atom. The first kappa shape index (κ1) is 18.4. The second-order valence-corrected chi connectivity index (χ2v) is 6.33. The molecule has 5 nitrogen and oxygen atoms in total. The standard InChI is InChI=1S/C17H19N3O2S.ClH/c1-3-22-16(21)15-11(2)18-17(23-15)20-19-14-10-6-8-12-7-4-5-9-13(12)14;/h4-5,7,9H,3,6,8,10H2,1-2H3,(H,18,20);1H/b19-14-;. The Balaban J connectivity index is 0.00000208. The highest BCUT2D eigenvalue weighted by atomic mass is 35.5. The van der Waals surface area contributed by atoms with Crippen molar-refractivity contribution in [3.8, 4) is 0 Å². The first-order valence-corrected chi connectivity index (χ1v) is 8.56. The van der Waals surface area contributed by atoms with E-state index in [4.69, 9.17) is 4.74 Å². The van der Waals surface area contributed by atoms with Gasteiger partial charge in [-0.05, 0) is 38.7 Å². The molecule has 0 saturated carbocycles. The average Bonchev–Trinajstić information content (AvgIpc) is 2.94.